The Balaban J connectivity index is 1.99. The zero-order valence-electron chi connectivity index (χ0n) is 8.00. The fraction of sp³-hybridized carbons (Fsp3) is 1.00. The van der Waals surface area contributed by atoms with Gasteiger partial charge in [0.15, 0.2) is 0 Å². The maximum Gasteiger partial charge on any atom is 0.000949 e. The molecule has 1 saturated carbocycles. The molecule has 2 N–H and O–H groups in total. The van der Waals surface area contributed by atoms with Gasteiger partial charge in [-0.15, -0.1) is 0 Å². The normalized spacial score (nSPS) is 42.0. The lowest BCUT2D eigenvalue weighted by molar-refractivity contribution is 0.128. The summed E-state index contributed by atoms with van der Waals surface area (Å²) in [6, 6.07) is 0. The maximum absolute atomic E-state index is 5.63. The van der Waals surface area contributed by atoms with Crippen LogP contribution in [0.1, 0.15) is 19.3 Å². The zero-order chi connectivity index (χ0) is 8.55. The molecule has 2 rings (SSSR count). The van der Waals surface area contributed by atoms with Gasteiger partial charge in [0.05, 0.1) is 0 Å². The highest BCUT2D eigenvalue weighted by Crippen LogP contribution is 2.42. The summed E-state index contributed by atoms with van der Waals surface area (Å²) < 4.78 is 0. The Morgan fingerprint density at radius 3 is 2.33 bits per heavy atom. The van der Waals surface area contributed by atoms with Gasteiger partial charge < -0.3 is 10.6 Å². The van der Waals surface area contributed by atoms with Crippen LogP contribution in [0.3, 0.4) is 0 Å². The number of fused-ring (bicyclic) bond motifs is 2. The number of hydrogen-bond donors (Lipinski definition) is 1. The molecule has 1 saturated heterocycles. The number of likely N-dealkylation sites (tertiary alicyclic amines) is 1. The van der Waals surface area contributed by atoms with Crippen molar-refractivity contribution in [1.29, 1.82) is 0 Å². The monoisotopic (exact) mass is 168 g/mol. The van der Waals surface area contributed by atoms with Crippen molar-refractivity contribution in [2.75, 3.05) is 26.7 Å². The average Bonchev–Trinajstić information content (AvgIpc) is 2.32. The Hall–Kier alpha value is -0.0800. The number of nitrogens with zero attached hydrogens (tertiary/aromatic N) is 1. The summed E-state index contributed by atoms with van der Waals surface area (Å²) >= 11 is 0. The largest absolute Gasteiger partial charge is 0.330 e. The molecule has 1 aliphatic carbocycles. The van der Waals surface area contributed by atoms with E-state index in [1.165, 1.54) is 32.4 Å². The van der Waals surface area contributed by atoms with E-state index >= 15 is 0 Å². The van der Waals surface area contributed by atoms with E-state index in [2.05, 4.69) is 11.9 Å². The first-order chi connectivity index (χ1) is 5.81. The van der Waals surface area contributed by atoms with E-state index in [0.717, 1.165) is 24.3 Å². The molecule has 0 radical (unpaired) electrons. The molecular formula is C10H20N2. The van der Waals surface area contributed by atoms with E-state index < -0.39 is 0 Å². The summed E-state index contributed by atoms with van der Waals surface area (Å²) in [5.41, 5.74) is 5.63. The standard InChI is InChI=1S/C10H20N2/c1-12-6-8-2-3-9(7-12)10(8)4-5-11/h8-10H,2-7,11H2,1H3. The summed E-state index contributed by atoms with van der Waals surface area (Å²) in [4.78, 5) is 2.50. The average molecular weight is 168 g/mol. The zero-order valence-corrected chi connectivity index (χ0v) is 8.00. The van der Waals surface area contributed by atoms with Gasteiger partial charge in [-0.05, 0) is 50.6 Å². The van der Waals surface area contributed by atoms with Crippen molar-refractivity contribution in [3.63, 3.8) is 0 Å². The predicted octanol–water partition coefficient (Wildman–Crippen LogP) is 0.923. The molecule has 0 spiro atoms. The first-order valence-electron chi connectivity index (χ1n) is 5.20. The fourth-order valence-corrected chi connectivity index (χ4v) is 3.23. The quantitative estimate of drug-likeness (QED) is 0.664. The fourth-order valence-electron chi connectivity index (χ4n) is 3.23. The summed E-state index contributed by atoms with van der Waals surface area (Å²) in [5.74, 6) is 2.90. The molecule has 12 heavy (non-hydrogen) atoms. The lowest BCUT2D eigenvalue weighted by atomic mass is 9.83. The van der Waals surface area contributed by atoms with Crippen molar-refractivity contribution >= 4 is 0 Å². The third-order valence-corrected chi connectivity index (χ3v) is 3.71. The Bertz CT molecular complexity index is 144. The van der Waals surface area contributed by atoms with Gasteiger partial charge in [0.1, 0.15) is 0 Å². The molecule has 2 bridgehead atoms. The molecule has 1 heterocycles. The van der Waals surface area contributed by atoms with E-state index in [4.69, 9.17) is 5.73 Å². The van der Waals surface area contributed by atoms with Crippen LogP contribution < -0.4 is 5.73 Å². The number of nitrogens with two attached hydrogens (primary N) is 1. The molecule has 0 aromatic carbocycles. The van der Waals surface area contributed by atoms with Crippen LogP contribution in [0.2, 0.25) is 0 Å². The van der Waals surface area contributed by atoms with Crippen LogP contribution in [0.25, 0.3) is 0 Å². The van der Waals surface area contributed by atoms with Gasteiger partial charge in [-0.25, -0.2) is 0 Å². The minimum atomic E-state index is 0.890. The van der Waals surface area contributed by atoms with E-state index in [9.17, 15) is 0 Å². The highest BCUT2D eigenvalue weighted by Gasteiger charge is 2.39. The van der Waals surface area contributed by atoms with Crippen LogP contribution in [0.15, 0.2) is 0 Å². The summed E-state index contributed by atoms with van der Waals surface area (Å²) in [6.45, 7) is 3.53. The van der Waals surface area contributed by atoms with E-state index in [1.807, 2.05) is 0 Å². The summed E-state index contributed by atoms with van der Waals surface area (Å²) in [5, 5.41) is 0. The smallest absolute Gasteiger partial charge is 0.000949 e. The van der Waals surface area contributed by atoms with Crippen molar-refractivity contribution in [2.45, 2.75) is 19.3 Å². The number of rotatable bonds is 2. The molecular weight excluding hydrogens is 148 g/mol. The Morgan fingerprint density at radius 2 is 1.83 bits per heavy atom. The highest BCUT2D eigenvalue weighted by atomic mass is 15.1. The Kier molecular flexibility index (Phi) is 2.37. The lowest BCUT2D eigenvalue weighted by Crippen LogP contribution is -2.40. The summed E-state index contributed by atoms with van der Waals surface area (Å²) in [7, 11) is 2.25. The molecule has 0 aromatic heterocycles. The molecule has 2 atom stereocenters. The van der Waals surface area contributed by atoms with E-state index in [-0.39, 0.29) is 0 Å². The molecule has 2 aliphatic rings. The molecule has 0 amide bonds. The van der Waals surface area contributed by atoms with Crippen LogP contribution in [-0.2, 0) is 0 Å². The number of piperidine rings is 1. The van der Waals surface area contributed by atoms with Gasteiger partial charge in [-0.1, -0.05) is 0 Å². The van der Waals surface area contributed by atoms with E-state index in [1.54, 1.807) is 0 Å². The minimum Gasteiger partial charge on any atom is -0.330 e. The molecule has 0 aromatic rings. The lowest BCUT2D eigenvalue weighted by Gasteiger charge is -2.35. The second kappa shape index (κ2) is 3.35. The van der Waals surface area contributed by atoms with Crippen molar-refractivity contribution in [2.24, 2.45) is 23.5 Å². The Morgan fingerprint density at radius 1 is 1.25 bits per heavy atom. The first-order valence-corrected chi connectivity index (χ1v) is 5.20. The second-order valence-electron chi connectivity index (χ2n) is 4.56. The SMILES string of the molecule is CN1CC2CCC(C1)C2CCN. The molecule has 2 fully saturated rings. The van der Waals surface area contributed by atoms with Crippen molar-refractivity contribution in [3.05, 3.63) is 0 Å². The van der Waals surface area contributed by atoms with Gasteiger partial charge in [-0.3, -0.25) is 0 Å². The highest BCUT2D eigenvalue weighted by molar-refractivity contribution is 4.91. The van der Waals surface area contributed by atoms with E-state index in [0.29, 0.717) is 0 Å². The van der Waals surface area contributed by atoms with Crippen molar-refractivity contribution in [3.8, 4) is 0 Å². The third kappa shape index (κ3) is 1.38. The molecule has 2 heteroatoms. The Labute approximate surface area is 75.1 Å². The second-order valence-corrected chi connectivity index (χ2v) is 4.56. The maximum atomic E-state index is 5.63. The van der Waals surface area contributed by atoms with Crippen molar-refractivity contribution in [1.82, 2.24) is 4.90 Å². The molecule has 2 nitrogen and oxygen atoms in total. The van der Waals surface area contributed by atoms with Gasteiger partial charge in [-0.2, -0.15) is 0 Å². The number of hydrogen-bond acceptors (Lipinski definition) is 2. The predicted molar refractivity (Wildman–Crippen MR) is 50.9 cm³/mol. The van der Waals surface area contributed by atoms with Gasteiger partial charge in [0, 0.05) is 13.1 Å². The first kappa shape index (κ1) is 8.52. The van der Waals surface area contributed by atoms with Crippen LogP contribution in [0.4, 0.5) is 0 Å². The van der Waals surface area contributed by atoms with Crippen LogP contribution >= 0.6 is 0 Å². The van der Waals surface area contributed by atoms with Gasteiger partial charge in [0.2, 0.25) is 0 Å². The molecule has 1 aliphatic heterocycles. The molecule has 2 unspecified atom stereocenters. The van der Waals surface area contributed by atoms with Crippen LogP contribution in [0, 0.1) is 17.8 Å². The van der Waals surface area contributed by atoms with Crippen molar-refractivity contribution < 1.29 is 0 Å². The summed E-state index contributed by atoms with van der Waals surface area (Å²) in [6.07, 6.45) is 4.18. The van der Waals surface area contributed by atoms with Gasteiger partial charge in [0.25, 0.3) is 0 Å². The third-order valence-electron chi connectivity index (χ3n) is 3.71. The van der Waals surface area contributed by atoms with Gasteiger partial charge >= 0.3 is 0 Å². The topological polar surface area (TPSA) is 29.3 Å². The minimum absolute atomic E-state index is 0.890. The molecule has 70 valence electrons. The van der Waals surface area contributed by atoms with Crippen LogP contribution in [0.5, 0.6) is 0 Å². The van der Waals surface area contributed by atoms with Crippen LogP contribution in [-0.4, -0.2) is 31.6 Å².